The molecule has 1 heterocycles. The van der Waals surface area contributed by atoms with Crippen LogP contribution in [-0.4, -0.2) is 28.1 Å². The number of rotatable bonds is 9. The lowest BCUT2D eigenvalue weighted by Crippen LogP contribution is -2.06. The molecule has 2 N–H and O–H groups in total. The fourth-order valence-electron chi connectivity index (χ4n) is 2.30. The van der Waals surface area contributed by atoms with Crippen LogP contribution < -0.4 is 10.5 Å². The minimum absolute atomic E-state index is 0.697. The number of benzene rings is 1. The molecule has 0 saturated carbocycles. The number of nitrogens with zero attached hydrogens (tertiary/aromatic N) is 3. The maximum Gasteiger partial charge on any atom is 0.119 e. The Hall–Kier alpha value is -1.88. The van der Waals surface area contributed by atoms with Gasteiger partial charge in [-0.25, -0.2) is 4.68 Å². The normalized spacial score (nSPS) is 10.9. The maximum atomic E-state index is 5.73. The van der Waals surface area contributed by atoms with Gasteiger partial charge in [0.2, 0.25) is 0 Å². The Kier molecular flexibility index (Phi) is 6.40. The first kappa shape index (κ1) is 16.5. The van der Waals surface area contributed by atoms with E-state index in [-0.39, 0.29) is 0 Å². The lowest BCUT2D eigenvalue weighted by Gasteiger charge is -2.07. The third-order valence-corrected chi connectivity index (χ3v) is 3.75. The maximum absolute atomic E-state index is 5.73. The van der Waals surface area contributed by atoms with Crippen molar-refractivity contribution in [2.75, 3.05) is 13.2 Å². The van der Waals surface area contributed by atoms with Gasteiger partial charge in [-0.05, 0) is 58.2 Å². The number of nitrogens with two attached hydrogens (primary N) is 1. The van der Waals surface area contributed by atoms with Gasteiger partial charge >= 0.3 is 0 Å². The summed E-state index contributed by atoms with van der Waals surface area (Å²) in [6.07, 6.45) is 3.92. The van der Waals surface area contributed by atoms with Gasteiger partial charge in [0.25, 0.3) is 0 Å². The standard InChI is InChI=1S/C17H26N4O/c1-14-7-9-16(10-8-14)22-13-4-3-12-21-15(2)17(19-20-21)6-5-11-18/h7-10H,3-6,11-13,18H2,1-2H3. The summed E-state index contributed by atoms with van der Waals surface area (Å²) in [5.74, 6) is 0.937. The van der Waals surface area contributed by atoms with Gasteiger partial charge in [-0.15, -0.1) is 5.10 Å². The van der Waals surface area contributed by atoms with E-state index >= 15 is 0 Å². The van der Waals surface area contributed by atoms with Crippen LogP contribution in [0.25, 0.3) is 0 Å². The van der Waals surface area contributed by atoms with E-state index in [1.165, 1.54) is 5.56 Å². The molecule has 0 amide bonds. The monoisotopic (exact) mass is 302 g/mol. The molecule has 0 aliphatic heterocycles. The SMILES string of the molecule is Cc1ccc(OCCCCn2nnc(CCCN)c2C)cc1. The minimum atomic E-state index is 0.697. The first-order valence-electron chi connectivity index (χ1n) is 7.99. The van der Waals surface area contributed by atoms with Crippen LogP contribution in [-0.2, 0) is 13.0 Å². The van der Waals surface area contributed by atoms with E-state index in [9.17, 15) is 0 Å². The molecule has 0 atom stereocenters. The zero-order valence-electron chi connectivity index (χ0n) is 13.6. The molecule has 0 bridgehead atoms. The van der Waals surface area contributed by atoms with Crippen molar-refractivity contribution in [1.82, 2.24) is 15.0 Å². The van der Waals surface area contributed by atoms with Gasteiger partial charge < -0.3 is 10.5 Å². The van der Waals surface area contributed by atoms with E-state index in [4.69, 9.17) is 10.5 Å². The summed E-state index contributed by atoms with van der Waals surface area (Å²) >= 11 is 0. The molecule has 0 unspecified atom stereocenters. The van der Waals surface area contributed by atoms with Gasteiger partial charge in [-0.3, -0.25) is 0 Å². The summed E-state index contributed by atoms with van der Waals surface area (Å²) in [4.78, 5) is 0. The molecule has 120 valence electrons. The zero-order valence-corrected chi connectivity index (χ0v) is 13.6. The molecule has 1 aromatic heterocycles. The van der Waals surface area contributed by atoms with Gasteiger partial charge in [0.05, 0.1) is 18.0 Å². The minimum Gasteiger partial charge on any atom is -0.494 e. The van der Waals surface area contributed by atoms with Crippen molar-refractivity contribution in [2.45, 2.75) is 46.1 Å². The Morgan fingerprint density at radius 2 is 1.86 bits per heavy atom. The Balaban J connectivity index is 1.68. The average molecular weight is 302 g/mol. The van der Waals surface area contributed by atoms with Gasteiger partial charge in [0.15, 0.2) is 0 Å². The van der Waals surface area contributed by atoms with Crippen molar-refractivity contribution >= 4 is 0 Å². The van der Waals surface area contributed by atoms with Gasteiger partial charge in [0.1, 0.15) is 5.75 Å². The molecule has 0 radical (unpaired) electrons. The highest BCUT2D eigenvalue weighted by Gasteiger charge is 2.07. The second kappa shape index (κ2) is 8.54. The van der Waals surface area contributed by atoms with Crippen LogP contribution >= 0.6 is 0 Å². The molecule has 5 heteroatoms. The van der Waals surface area contributed by atoms with Crippen LogP contribution in [0, 0.1) is 13.8 Å². The highest BCUT2D eigenvalue weighted by atomic mass is 16.5. The van der Waals surface area contributed by atoms with Crippen LogP contribution in [0.5, 0.6) is 5.75 Å². The third kappa shape index (κ3) is 4.84. The highest BCUT2D eigenvalue weighted by molar-refractivity contribution is 5.26. The number of hydrogen-bond acceptors (Lipinski definition) is 4. The summed E-state index contributed by atoms with van der Waals surface area (Å²) < 4.78 is 7.71. The molecular formula is C17H26N4O. The molecular weight excluding hydrogens is 276 g/mol. The number of unbranched alkanes of at least 4 members (excludes halogenated alkanes) is 1. The number of aryl methyl sites for hydroxylation is 3. The third-order valence-electron chi connectivity index (χ3n) is 3.75. The van der Waals surface area contributed by atoms with E-state index < -0.39 is 0 Å². The average Bonchev–Trinajstić information content (AvgIpc) is 2.87. The summed E-state index contributed by atoms with van der Waals surface area (Å²) in [5.41, 5.74) is 9.01. The largest absolute Gasteiger partial charge is 0.494 e. The van der Waals surface area contributed by atoms with Crippen LogP contribution in [0.4, 0.5) is 0 Å². The van der Waals surface area contributed by atoms with Crippen LogP contribution in [0.15, 0.2) is 24.3 Å². The van der Waals surface area contributed by atoms with E-state index in [0.29, 0.717) is 6.54 Å². The Morgan fingerprint density at radius 3 is 2.59 bits per heavy atom. The Morgan fingerprint density at radius 1 is 1.09 bits per heavy atom. The molecule has 0 spiro atoms. The molecule has 0 saturated heterocycles. The van der Waals surface area contributed by atoms with Crippen molar-refractivity contribution in [3.63, 3.8) is 0 Å². The van der Waals surface area contributed by atoms with Gasteiger partial charge in [-0.2, -0.15) is 0 Å². The number of aromatic nitrogens is 3. The summed E-state index contributed by atoms with van der Waals surface area (Å²) in [5, 5.41) is 8.45. The summed E-state index contributed by atoms with van der Waals surface area (Å²) in [6.45, 7) is 6.47. The van der Waals surface area contributed by atoms with Gasteiger partial charge in [0, 0.05) is 6.54 Å². The molecule has 0 fully saturated rings. The predicted molar refractivity (Wildman–Crippen MR) is 88.0 cm³/mol. The van der Waals surface area contributed by atoms with Crippen molar-refractivity contribution in [2.24, 2.45) is 5.73 Å². The van der Waals surface area contributed by atoms with Crippen molar-refractivity contribution in [3.8, 4) is 5.75 Å². The van der Waals surface area contributed by atoms with Crippen molar-refractivity contribution < 1.29 is 4.74 Å². The van der Waals surface area contributed by atoms with Crippen LogP contribution in [0.1, 0.15) is 36.2 Å². The Labute approximate surface area is 132 Å². The van der Waals surface area contributed by atoms with Crippen molar-refractivity contribution in [3.05, 3.63) is 41.2 Å². The number of hydrogen-bond donors (Lipinski definition) is 1. The molecule has 0 aliphatic carbocycles. The van der Waals surface area contributed by atoms with E-state index in [2.05, 4.69) is 36.3 Å². The van der Waals surface area contributed by atoms with Gasteiger partial charge in [-0.1, -0.05) is 22.9 Å². The first-order valence-corrected chi connectivity index (χ1v) is 7.99. The molecule has 0 aliphatic rings. The number of ether oxygens (including phenoxy) is 1. The lowest BCUT2D eigenvalue weighted by atomic mass is 10.2. The second-order valence-electron chi connectivity index (χ2n) is 5.61. The molecule has 2 rings (SSSR count). The smallest absolute Gasteiger partial charge is 0.119 e. The summed E-state index contributed by atoms with van der Waals surface area (Å²) in [7, 11) is 0. The zero-order chi connectivity index (χ0) is 15.8. The van der Waals surface area contributed by atoms with Crippen LogP contribution in [0.3, 0.4) is 0 Å². The summed E-state index contributed by atoms with van der Waals surface area (Å²) in [6, 6.07) is 8.16. The molecule has 22 heavy (non-hydrogen) atoms. The quantitative estimate of drug-likeness (QED) is 0.723. The highest BCUT2D eigenvalue weighted by Crippen LogP contribution is 2.12. The lowest BCUT2D eigenvalue weighted by molar-refractivity contribution is 0.301. The van der Waals surface area contributed by atoms with E-state index in [1.807, 2.05) is 16.8 Å². The van der Waals surface area contributed by atoms with E-state index in [0.717, 1.165) is 56.0 Å². The fourth-order valence-corrected chi connectivity index (χ4v) is 2.30. The molecule has 5 nitrogen and oxygen atoms in total. The Bertz CT molecular complexity index is 563. The molecule has 1 aromatic carbocycles. The van der Waals surface area contributed by atoms with E-state index in [1.54, 1.807) is 0 Å². The topological polar surface area (TPSA) is 66.0 Å². The predicted octanol–water partition coefficient (Wildman–Crippen LogP) is 2.65. The first-order chi connectivity index (χ1) is 10.7. The second-order valence-corrected chi connectivity index (χ2v) is 5.61. The fraction of sp³-hybridized carbons (Fsp3) is 0.529. The van der Waals surface area contributed by atoms with Crippen LogP contribution in [0.2, 0.25) is 0 Å². The molecule has 2 aromatic rings. The van der Waals surface area contributed by atoms with Crippen molar-refractivity contribution in [1.29, 1.82) is 0 Å².